The third-order valence-corrected chi connectivity index (χ3v) is 5.86. The molecule has 1 aromatic heterocycles. The number of halogens is 5. The largest absolute Gasteiger partial charge is 0.612 e. The molecule has 3 rings (SSSR count). The number of nitrogens with zero attached hydrogens (tertiary/aromatic N) is 3. The lowest BCUT2D eigenvalue weighted by Gasteiger charge is -2.23. The van der Waals surface area contributed by atoms with Gasteiger partial charge >= 0.3 is 12.2 Å². The predicted octanol–water partition coefficient (Wildman–Crippen LogP) is 3.58. The minimum absolute atomic E-state index is 0.0775. The Bertz CT molecular complexity index is 960. The van der Waals surface area contributed by atoms with Crippen LogP contribution in [0.15, 0.2) is 29.2 Å². The summed E-state index contributed by atoms with van der Waals surface area (Å²) in [6.07, 6.45) is -5.84. The summed E-state index contributed by atoms with van der Waals surface area (Å²) in [5.74, 6) is -3.20. The lowest BCUT2D eigenvalue weighted by Crippen LogP contribution is -2.32. The number of benzene rings is 1. The molecule has 32 heavy (non-hydrogen) atoms. The number of rotatable bonds is 7. The average molecular weight is 479 g/mol. The molecule has 2 heterocycles. The van der Waals surface area contributed by atoms with Crippen LogP contribution in [0.25, 0.3) is 0 Å². The predicted molar refractivity (Wildman–Crippen MR) is 110 cm³/mol. The Hall–Kier alpha value is -2.54. The molecule has 13 heteroatoms. The van der Waals surface area contributed by atoms with Crippen LogP contribution in [0.2, 0.25) is 0 Å². The Morgan fingerprint density at radius 1 is 1.31 bits per heavy atom. The molecule has 1 aliphatic rings. The van der Waals surface area contributed by atoms with E-state index in [1.165, 1.54) is 11.2 Å². The second-order valence-corrected chi connectivity index (χ2v) is 8.68. The molecule has 0 amide bonds. The third-order valence-electron chi connectivity index (χ3n) is 4.85. The van der Waals surface area contributed by atoms with E-state index in [4.69, 9.17) is 10.5 Å². The highest BCUT2D eigenvalue weighted by molar-refractivity contribution is 7.90. The van der Waals surface area contributed by atoms with E-state index in [9.17, 15) is 26.5 Å². The molecule has 2 aromatic rings. The summed E-state index contributed by atoms with van der Waals surface area (Å²) in [4.78, 5) is 9.54. The fraction of sp³-hybridized carbons (Fsp3) is 0.474. The van der Waals surface area contributed by atoms with Gasteiger partial charge in [0.1, 0.15) is 11.9 Å². The van der Waals surface area contributed by atoms with Gasteiger partial charge in [-0.2, -0.15) is 23.1 Å². The molecule has 1 fully saturated rings. The van der Waals surface area contributed by atoms with Crippen LogP contribution in [-0.2, 0) is 17.7 Å². The van der Waals surface area contributed by atoms with Gasteiger partial charge in [-0.05, 0) is 24.2 Å². The lowest BCUT2D eigenvalue weighted by molar-refractivity contribution is -0.190. The topological polar surface area (TPSA) is 99.4 Å². The van der Waals surface area contributed by atoms with Crippen LogP contribution < -0.4 is 20.7 Å². The molecule has 0 spiro atoms. The van der Waals surface area contributed by atoms with Gasteiger partial charge in [0.05, 0.1) is 6.54 Å². The molecule has 0 radical (unpaired) electrons. The van der Waals surface area contributed by atoms with Crippen LogP contribution in [0.5, 0.6) is 6.01 Å². The van der Waals surface area contributed by atoms with Gasteiger partial charge in [-0.3, -0.25) is 0 Å². The molecule has 1 saturated heterocycles. The quantitative estimate of drug-likeness (QED) is 0.463. The minimum Gasteiger partial charge on any atom is -0.612 e. The third kappa shape index (κ3) is 5.63. The van der Waals surface area contributed by atoms with Crippen LogP contribution in [0.4, 0.5) is 39.3 Å². The van der Waals surface area contributed by atoms with Gasteiger partial charge in [-0.1, -0.05) is 18.2 Å². The monoisotopic (exact) mass is 479 g/mol. The summed E-state index contributed by atoms with van der Waals surface area (Å²) < 4.78 is 83.0. The van der Waals surface area contributed by atoms with Gasteiger partial charge < -0.3 is 25.2 Å². The van der Waals surface area contributed by atoms with E-state index >= 15 is 0 Å². The van der Waals surface area contributed by atoms with Crippen LogP contribution in [0.3, 0.4) is 0 Å². The first-order chi connectivity index (χ1) is 14.9. The summed E-state index contributed by atoms with van der Waals surface area (Å²) in [6, 6.07) is 6.19. The molecule has 2 atom stereocenters. The van der Waals surface area contributed by atoms with Crippen molar-refractivity contribution < 1.29 is 31.2 Å². The highest BCUT2D eigenvalue weighted by Gasteiger charge is 2.41. The Kier molecular flexibility index (Phi) is 6.89. The lowest BCUT2D eigenvalue weighted by atomic mass is 10.2. The van der Waals surface area contributed by atoms with Crippen molar-refractivity contribution in [3.63, 3.8) is 0 Å². The number of ether oxygens (including phenoxy) is 1. The highest BCUT2D eigenvalue weighted by Crippen LogP contribution is 2.37. The SMILES string of the molecule is CC(Oc1nc(NCc2ccccc2[S+](C)[O-])c(N)c(N2CCC(F)(F)C2)n1)C(F)(F)F. The maximum atomic E-state index is 13.7. The van der Waals surface area contributed by atoms with E-state index in [1.54, 1.807) is 24.3 Å². The fourth-order valence-corrected chi connectivity index (χ4v) is 3.90. The summed E-state index contributed by atoms with van der Waals surface area (Å²) in [5.41, 5.74) is 6.63. The first-order valence-corrected chi connectivity index (χ1v) is 11.1. The molecule has 7 nitrogen and oxygen atoms in total. The Morgan fingerprint density at radius 2 is 2.00 bits per heavy atom. The number of aromatic nitrogens is 2. The zero-order valence-corrected chi connectivity index (χ0v) is 18.1. The zero-order valence-electron chi connectivity index (χ0n) is 17.2. The molecule has 3 N–H and O–H groups in total. The average Bonchev–Trinajstić information content (AvgIpc) is 3.07. The Labute approximate surface area is 184 Å². The Morgan fingerprint density at radius 3 is 2.59 bits per heavy atom. The van der Waals surface area contributed by atoms with Crippen molar-refractivity contribution in [3.8, 4) is 6.01 Å². The molecule has 2 unspecified atom stereocenters. The zero-order chi connectivity index (χ0) is 23.7. The number of nitrogen functional groups attached to an aromatic ring is 1. The summed E-state index contributed by atoms with van der Waals surface area (Å²) >= 11 is -1.29. The molecular weight excluding hydrogens is 457 g/mol. The van der Waals surface area contributed by atoms with Crippen molar-refractivity contribution in [2.24, 2.45) is 0 Å². The van der Waals surface area contributed by atoms with Gasteiger partial charge in [0.15, 0.2) is 22.6 Å². The number of anilines is 3. The van der Waals surface area contributed by atoms with Crippen molar-refractivity contribution in [3.05, 3.63) is 29.8 Å². The Balaban J connectivity index is 1.93. The molecule has 0 bridgehead atoms. The molecular formula is C19H22F5N5O2S. The van der Waals surface area contributed by atoms with Crippen LogP contribution in [-0.4, -0.2) is 52.1 Å². The number of hydrogen-bond donors (Lipinski definition) is 2. The van der Waals surface area contributed by atoms with E-state index in [0.29, 0.717) is 10.5 Å². The van der Waals surface area contributed by atoms with Crippen LogP contribution in [0.1, 0.15) is 18.9 Å². The number of nitrogens with one attached hydrogen (secondary N) is 1. The van der Waals surface area contributed by atoms with Gasteiger partial charge in [0.2, 0.25) is 0 Å². The molecule has 176 valence electrons. The minimum atomic E-state index is -4.68. The van der Waals surface area contributed by atoms with Crippen molar-refractivity contribution in [1.29, 1.82) is 0 Å². The smallest absolute Gasteiger partial charge is 0.425 e. The molecule has 0 saturated carbocycles. The standard InChI is InChI=1S/C19H22F5N5O2S/c1-11(19(22,23)24)31-17-27-15(26-9-12-5-3-4-6-13(12)32(2)30)14(25)16(28-17)29-8-7-18(20,21)10-29/h3-6,11H,7-10,25H2,1-2H3,(H,26,27,28). The summed E-state index contributed by atoms with van der Waals surface area (Å²) in [7, 11) is 0. The number of nitrogens with two attached hydrogens (primary N) is 1. The normalized spacial score (nSPS) is 17.8. The van der Waals surface area contributed by atoms with E-state index < -0.39 is 48.4 Å². The number of alkyl halides is 5. The maximum absolute atomic E-state index is 13.7. The van der Waals surface area contributed by atoms with E-state index in [-0.39, 0.29) is 30.4 Å². The van der Waals surface area contributed by atoms with Crippen LogP contribution >= 0.6 is 0 Å². The molecule has 0 aliphatic carbocycles. The van der Waals surface area contributed by atoms with Crippen molar-refractivity contribution >= 4 is 28.5 Å². The summed E-state index contributed by atoms with van der Waals surface area (Å²) in [5, 5.41) is 2.88. The van der Waals surface area contributed by atoms with Crippen molar-refractivity contribution in [2.75, 3.05) is 35.3 Å². The second kappa shape index (κ2) is 9.14. The van der Waals surface area contributed by atoms with Crippen LogP contribution in [0, 0.1) is 0 Å². The highest BCUT2D eigenvalue weighted by atomic mass is 32.2. The van der Waals surface area contributed by atoms with Gasteiger partial charge in [-0.15, -0.1) is 0 Å². The van der Waals surface area contributed by atoms with Gasteiger partial charge in [0, 0.05) is 25.1 Å². The van der Waals surface area contributed by atoms with E-state index in [2.05, 4.69) is 15.3 Å². The van der Waals surface area contributed by atoms with E-state index in [1.807, 2.05) is 0 Å². The van der Waals surface area contributed by atoms with Crippen molar-refractivity contribution in [2.45, 2.75) is 43.0 Å². The summed E-state index contributed by atoms with van der Waals surface area (Å²) in [6.45, 7) is 0.100. The van der Waals surface area contributed by atoms with Gasteiger partial charge in [-0.25, -0.2) is 8.78 Å². The van der Waals surface area contributed by atoms with E-state index in [0.717, 1.165) is 6.92 Å². The first kappa shape index (κ1) is 24.1. The fourth-order valence-electron chi connectivity index (χ4n) is 3.12. The van der Waals surface area contributed by atoms with Crippen molar-refractivity contribution in [1.82, 2.24) is 9.97 Å². The van der Waals surface area contributed by atoms with Gasteiger partial charge in [0.25, 0.3) is 5.92 Å². The second-order valence-electron chi connectivity index (χ2n) is 7.34. The maximum Gasteiger partial charge on any atom is 0.425 e. The number of hydrogen-bond acceptors (Lipinski definition) is 7. The molecule has 1 aromatic carbocycles. The molecule has 1 aliphatic heterocycles. The first-order valence-electron chi connectivity index (χ1n) is 9.56.